The van der Waals surface area contributed by atoms with Crippen LogP contribution in [0.5, 0.6) is 11.5 Å². The summed E-state index contributed by atoms with van der Waals surface area (Å²) in [5.41, 5.74) is 3.74. The van der Waals surface area contributed by atoms with Crippen molar-refractivity contribution in [2.45, 2.75) is 0 Å². The molecule has 23 heavy (non-hydrogen) atoms. The van der Waals surface area contributed by atoms with Crippen LogP contribution in [0.3, 0.4) is 0 Å². The molecule has 0 atom stereocenters. The highest BCUT2D eigenvalue weighted by Crippen LogP contribution is 2.46. The molecular formula is C18H18O2S3. The summed E-state index contributed by atoms with van der Waals surface area (Å²) in [5, 5.41) is 2.22. The Morgan fingerprint density at radius 1 is 0.739 bits per heavy atom. The fourth-order valence-electron chi connectivity index (χ4n) is 2.33. The van der Waals surface area contributed by atoms with Crippen molar-refractivity contribution in [2.75, 3.05) is 24.4 Å². The molecule has 0 bridgehead atoms. The quantitative estimate of drug-likeness (QED) is 0.708. The van der Waals surface area contributed by atoms with Gasteiger partial charge < -0.3 is 9.47 Å². The van der Waals surface area contributed by atoms with E-state index >= 15 is 0 Å². The molecule has 1 fully saturated rings. The van der Waals surface area contributed by atoms with Gasteiger partial charge in [-0.15, -0.1) is 35.3 Å². The first-order chi connectivity index (χ1) is 11.3. The van der Waals surface area contributed by atoms with Gasteiger partial charge in [-0.3, -0.25) is 0 Å². The van der Waals surface area contributed by atoms with Crippen LogP contribution in [0.4, 0.5) is 0 Å². The van der Waals surface area contributed by atoms with Gasteiger partial charge in [-0.2, -0.15) is 0 Å². The largest absolute Gasteiger partial charge is 0.497 e. The van der Waals surface area contributed by atoms with Gasteiger partial charge in [0.1, 0.15) is 11.5 Å². The molecule has 120 valence electrons. The molecule has 0 unspecified atom stereocenters. The Balaban J connectivity index is 2.05. The number of rotatable bonds is 4. The molecule has 5 heteroatoms. The summed E-state index contributed by atoms with van der Waals surface area (Å²) in [6, 6.07) is 16.6. The summed E-state index contributed by atoms with van der Waals surface area (Å²) in [7, 11) is 3.39. The summed E-state index contributed by atoms with van der Waals surface area (Å²) in [6.07, 6.45) is 0. The lowest BCUT2D eigenvalue weighted by Gasteiger charge is -2.19. The van der Waals surface area contributed by atoms with Crippen molar-refractivity contribution in [3.05, 3.63) is 63.9 Å². The van der Waals surface area contributed by atoms with Crippen LogP contribution in [0.1, 0.15) is 11.1 Å². The first-order valence-corrected chi connectivity index (χ1v) is 10.3. The maximum Gasteiger partial charge on any atom is 0.118 e. The van der Waals surface area contributed by atoms with Gasteiger partial charge >= 0.3 is 0 Å². The van der Waals surface area contributed by atoms with Crippen LogP contribution >= 0.6 is 35.3 Å². The van der Waals surface area contributed by atoms with Crippen LogP contribution in [-0.2, 0) is 0 Å². The van der Waals surface area contributed by atoms with Crippen molar-refractivity contribution in [1.29, 1.82) is 0 Å². The minimum Gasteiger partial charge on any atom is -0.497 e. The Morgan fingerprint density at radius 2 is 1.17 bits per heavy atom. The van der Waals surface area contributed by atoms with Crippen molar-refractivity contribution in [3.8, 4) is 11.5 Å². The lowest BCUT2D eigenvalue weighted by atomic mass is 9.99. The second kappa shape index (κ2) is 8.08. The van der Waals surface area contributed by atoms with Gasteiger partial charge in [-0.05, 0) is 35.4 Å². The zero-order valence-corrected chi connectivity index (χ0v) is 15.5. The van der Waals surface area contributed by atoms with Crippen molar-refractivity contribution in [1.82, 2.24) is 0 Å². The predicted octanol–water partition coefficient (Wildman–Crippen LogP) is 5.55. The molecule has 0 N–H and O–H groups in total. The smallest absolute Gasteiger partial charge is 0.118 e. The monoisotopic (exact) mass is 362 g/mol. The van der Waals surface area contributed by atoms with Gasteiger partial charge in [-0.25, -0.2) is 0 Å². The van der Waals surface area contributed by atoms with E-state index in [0.29, 0.717) is 0 Å². The molecule has 0 aromatic heterocycles. The molecule has 2 aromatic rings. The molecule has 0 radical (unpaired) electrons. The molecule has 2 aromatic carbocycles. The van der Waals surface area contributed by atoms with Crippen molar-refractivity contribution >= 4 is 40.9 Å². The Kier molecular flexibility index (Phi) is 5.86. The van der Waals surface area contributed by atoms with Crippen molar-refractivity contribution in [2.24, 2.45) is 0 Å². The Morgan fingerprint density at radius 3 is 1.57 bits per heavy atom. The second-order valence-electron chi connectivity index (χ2n) is 4.85. The molecule has 1 heterocycles. The fraction of sp³-hybridized carbons (Fsp3) is 0.222. The van der Waals surface area contributed by atoms with Gasteiger partial charge in [0, 0.05) is 15.7 Å². The highest BCUT2D eigenvalue weighted by atomic mass is 32.3. The van der Waals surface area contributed by atoms with Crippen LogP contribution < -0.4 is 9.47 Å². The minimum absolute atomic E-state index is 0.882. The van der Waals surface area contributed by atoms with Crippen LogP contribution in [0, 0.1) is 0 Å². The first-order valence-electron chi connectivity index (χ1n) is 7.18. The second-order valence-corrected chi connectivity index (χ2v) is 8.79. The molecule has 0 aliphatic carbocycles. The van der Waals surface area contributed by atoms with Crippen LogP contribution in [0.15, 0.2) is 52.8 Å². The highest BCUT2D eigenvalue weighted by molar-refractivity contribution is 8.36. The standard InChI is InChI=1S/C18H18O2S3/c1-19-15-7-3-13(4-8-15)17(18-22-11-21-12-23-18)14-5-9-16(20-2)10-6-14/h3-10H,11-12H2,1-2H3. The van der Waals surface area contributed by atoms with Gasteiger partial charge in [0.05, 0.1) is 18.5 Å². The van der Waals surface area contributed by atoms with Gasteiger partial charge in [0.15, 0.2) is 0 Å². The van der Waals surface area contributed by atoms with Crippen LogP contribution in [-0.4, -0.2) is 24.4 Å². The third-order valence-electron chi connectivity index (χ3n) is 3.51. The number of hydrogen-bond donors (Lipinski definition) is 0. The molecule has 0 amide bonds. The molecule has 1 aliphatic heterocycles. The van der Waals surface area contributed by atoms with Gasteiger partial charge in [0.2, 0.25) is 0 Å². The number of hydrogen-bond acceptors (Lipinski definition) is 5. The average Bonchev–Trinajstić information content (AvgIpc) is 2.64. The van der Waals surface area contributed by atoms with Gasteiger partial charge in [0.25, 0.3) is 0 Å². The number of thioether (sulfide) groups is 3. The fourth-order valence-corrected chi connectivity index (χ4v) is 6.70. The van der Waals surface area contributed by atoms with E-state index in [1.807, 2.05) is 59.6 Å². The molecule has 1 saturated heterocycles. The van der Waals surface area contributed by atoms with E-state index < -0.39 is 0 Å². The van der Waals surface area contributed by atoms with E-state index in [2.05, 4.69) is 24.3 Å². The molecule has 2 nitrogen and oxygen atoms in total. The summed E-state index contributed by atoms with van der Waals surface area (Å²) in [4.78, 5) is 0. The average molecular weight is 363 g/mol. The normalized spacial score (nSPS) is 14.4. The molecule has 3 rings (SSSR count). The predicted molar refractivity (Wildman–Crippen MR) is 105 cm³/mol. The third-order valence-corrected chi connectivity index (χ3v) is 7.42. The Bertz CT molecular complexity index is 621. The van der Waals surface area contributed by atoms with Gasteiger partial charge in [-0.1, -0.05) is 24.3 Å². The number of benzene rings is 2. The molecule has 1 aliphatic rings. The summed E-state index contributed by atoms with van der Waals surface area (Å²) in [5.74, 6) is 1.76. The topological polar surface area (TPSA) is 18.5 Å². The van der Waals surface area contributed by atoms with E-state index in [1.54, 1.807) is 14.2 Å². The lowest BCUT2D eigenvalue weighted by molar-refractivity contribution is 0.414. The molecule has 0 saturated carbocycles. The zero-order chi connectivity index (χ0) is 16.1. The van der Waals surface area contributed by atoms with E-state index in [9.17, 15) is 0 Å². The van der Waals surface area contributed by atoms with E-state index in [0.717, 1.165) is 21.7 Å². The van der Waals surface area contributed by atoms with E-state index in [4.69, 9.17) is 9.47 Å². The van der Waals surface area contributed by atoms with Crippen molar-refractivity contribution < 1.29 is 9.47 Å². The summed E-state index contributed by atoms with van der Waals surface area (Å²) in [6.45, 7) is 0. The lowest BCUT2D eigenvalue weighted by Crippen LogP contribution is -1.95. The summed E-state index contributed by atoms with van der Waals surface area (Å²) < 4.78 is 12.0. The number of methoxy groups -OCH3 is 2. The SMILES string of the molecule is COc1ccc(C(=C2SCSCS2)c2ccc(OC)cc2)cc1. The van der Waals surface area contributed by atoms with E-state index in [-0.39, 0.29) is 0 Å². The number of ether oxygens (including phenoxy) is 2. The van der Waals surface area contributed by atoms with Crippen LogP contribution in [0.25, 0.3) is 5.57 Å². The maximum absolute atomic E-state index is 5.28. The minimum atomic E-state index is 0.882. The maximum atomic E-state index is 5.28. The van der Waals surface area contributed by atoms with Crippen molar-refractivity contribution in [3.63, 3.8) is 0 Å². The molecule has 0 spiro atoms. The zero-order valence-electron chi connectivity index (χ0n) is 13.1. The Hall–Kier alpha value is -1.17. The van der Waals surface area contributed by atoms with E-state index in [1.165, 1.54) is 20.9 Å². The Labute approximate surface area is 150 Å². The first kappa shape index (κ1) is 16.7. The van der Waals surface area contributed by atoms with Crippen LogP contribution in [0.2, 0.25) is 0 Å². The highest BCUT2D eigenvalue weighted by Gasteiger charge is 2.16. The molecular weight excluding hydrogens is 344 g/mol. The summed E-state index contributed by atoms with van der Waals surface area (Å²) >= 11 is 5.82. The third kappa shape index (κ3) is 4.03.